The van der Waals surface area contributed by atoms with Gasteiger partial charge in [0.05, 0.1) is 11.5 Å². The van der Waals surface area contributed by atoms with E-state index in [1.165, 1.54) is 6.33 Å². The molecule has 0 saturated carbocycles. The molecule has 1 saturated heterocycles. The number of halogens is 1. The van der Waals surface area contributed by atoms with Crippen LogP contribution in [-0.4, -0.2) is 29.2 Å². The third-order valence-electron chi connectivity index (χ3n) is 4.03. The maximum absolute atomic E-state index is 5.76. The molecule has 0 amide bonds. The number of hydrogen-bond acceptors (Lipinski definition) is 5. The SMILES string of the molecule is Brc1oc2ncnc(NC[C@@H]3CCCO3)c2c1-c1ccccc1. The number of nitrogens with one attached hydrogen (secondary N) is 1. The zero-order valence-corrected chi connectivity index (χ0v) is 14.0. The van der Waals surface area contributed by atoms with Crippen LogP contribution in [0.5, 0.6) is 0 Å². The van der Waals surface area contributed by atoms with E-state index >= 15 is 0 Å². The number of hydrogen-bond donors (Lipinski definition) is 1. The molecule has 1 aromatic carbocycles. The van der Waals surface area contributed by atoms with Gasteiger partial charge in [-0.05, 0) is 34.3 Å². The molecule has 2 aromatic heterocycles. The van der Waals surface area contributed by atoms with Crippen molar-refractivity contribution in [2.75, 3.05) is 18.5 Å². The van der Waals surface area contributed by atoms with Crippen LogP contribution in [0.2, 0.25) is 0 Å². The molecule has 1 atom stereocenters. The van der Waals surface area contributed by atoms with Gasteiger partial charge in [0.1, 0.15) is 12.1 Å². The molecule has 118 valence electrons. The molecule has 4 rings (SSSR count). The first kappa shape index (κ1) is 14.7. The zero-order chi connectivity index (χ0) is 15.6. The third-order valence-corrected chi connectivity index (χ3v) is 4.59. The number of ether oxygens (including phenoxy) is 1. The van der Waals surface area contributed by atoms with Crippen molar-refractivity contribution in [1.82, 2.24) is 9.97 Å². The van der Waals surface area contributed by atoms with Crippen LogP contribution in [0.1, 0.15) is 12.8 Å². The summed E-state index contributed by atoms with van der Waals surface area (Å²) in [5.74, 6) is 0.777. The summed E-state index contributed by atoms with van der Waals surface area (Å²) < 4.78 is 12.1. The Kier molecular flexibility index (Phi) is 4.01. The summed E-state index contributed by atoms with van der Waals surface area (Å²) in [6.45, 7) is 1.58. The Labute approximate surface area is 142 Å². The van der Waals surface area contributed by atoms with Gasteiger partial charge in [-0.1, -0.05) is 30.3 Å². The van der Waals surface area contributed by atoms with Crippen molar-refractivity contribution >= 4 is 32.8 Å². The molecule has 0 unspecified atom stereocenters. The van der Waals surface area contributed by atoms with Crippen molar-refractivity contribution in [3.63, 3.8) is 0 Å². The van der Waals surface area contributed by atoms with Crippen LogP contribution in [0, 0.1) is 0 Å². The van der Waals surface area contributed by atoms with Gasteiger partial charge in [-0.3, -0.25) is 0 Å². The Morgan fingerprint density at radius 2 is 2.09 bits per heavy atom. The van der Waals surface area contributed by atoms with Gasteiger partial charge in [0.15, 0.2) is 4.67 Å². The van der Waals surface area contributed by atoms with Crippen LogP contribution >= 0.6 is 15.9 Å². The number of aromatic nitrogens is 2. The van der Waals surface area contributed by atoms with Gasteiger partial charge in [-0.2, -0.15) is 0 Å². The molecular formula is C17H16BrN3O2. The topological polar surface area (TPSA) is 60.2 Å². The molecular weight excluding hydrogens is 358 g/mol. The number of fused-ring (bicyclic) bond motifs is 1. The lowest BCUT2D eigenvalue weighted by Crippen LogP contribution is -2.19. The zero-order valence-electron chi connectivity index (χ0n) is 12.5. The number of furan rings is 1. The molecule has 0 radical (unpaired) electrons. The van der Waals surface area contributed by atoms with Crippen molar-refractivity contribution in [1.29, 1.82) is 0 Å². The fourth-order valence-corrected chi connectivity index (χ4v) is 3.50. The van der Waals surface area contributed by atoms with Gasteiger partial charge < -0.3 is 14.5 Å². The number of anilines is 1. The van der Waals surface area contributed by atoms with Crippen molar-refractivity contribution in [3.8, 4) is 11.1 Å². The van der Waals surface area contributed by atoms with Gasteiger partial charge >= 0.3 is 0 Å². The standard InChI is InChI=1S/C17H16BrN3O2/c18-15-13(11-5-2-1-3-6-11)14-16(20-10-21-17(14)23-15)19-9-12-7-4-8-22-12/h1-3,5-6,10,12H,4,7-9H2,(H,19,20,21)/t12-/m0/s1. The van der Waals surface area contributed by atoms with Crippen LogP contribution in [0.3, 0.4) is 0 Å². The molecule has 3 heterocycles. The van der Waals surface area contributed by atoms with Crippen LogP contribution in [-0.2, 0) is 4.74 Å². The highest BCUT2D eigenvalue weighted by molar-refractivity contribution is 9.10. The molecule has 23 heavy (non-hydrogen) atoms. The van der Waals surface area contributed by atoms with Crippen LogP contribution in [0.25, 0.3) is 22.2 Å². The molecule has 5 nitrogen and oxygen atoms in total. The second-order valence-electron chi connectivity index (χ2n) is 5.54. The highest BCUT2D eigenvalue weighted by Crippen LogP contribution is 2.40. The molecule has 1 fully saturated rings. The molecule has 0 aliphatic carbocycles. The molecule has 6 heteroatoms. The number of rotatable bonds is 4. The lowest BCUT2D eigenvalue weighted by Gasteiger charge is -2.12. The second-order valence-corrected chi connectivity index (χ2v) is 6.26. The number of benzene rings is 1. The van der Waals surface area contributed by atoms with Gasteiger partial charge in [-0.15, -0.1) is 0 Å². The fourth-order valence-electron chi connectivity index (χ4n) is 2.92. The first-order chi connectivity index (χ1) is 11.3. The van der Waals surface area contributed by atoms with E-state index in [0.29, 0.717) is 10.4 Å². The Hall–Kier alpha value is -1.92. The van der Waals surface area contributed by atoms with Gasteiger partial charge in [0.25, 0.3) is 0 Å². The van der Waals surface area contributed by atoms with E-state index in [-0.39, 0.29) is 6.10 Å². The first-order valence-corrected chi connectivity index (χ1v) is 8.46. The summed E-state index contributed by atoms with van der Waals surface area (Å²) in [6.07, 6.45) is 3.97. The predicted molar refractivity (Wildman–Crippen MR) is 92.4 cm³/mol. The predicted octanol–water partition coefficient (Wildman–Crippen LogP) is 4.24. The quantitative estimate of drug-likeness (QED) is 0.740. The van der Waals surface area contributed by atoms with Crippen molar-refractivity contribution in [2.24, 2.45) is 0 Å². The normalized spacial score (nSPS) is 17.7. The summed E-state index contributed by atoms with van der Waals surface area (Å²) in [7, 11) is 0. The van der Waals surface area contributed by atoms with E-state index in [1.807, 2.05) is 30.3 Å². The lowest BCUT2D eigenvalue weighted by molar-refractivity contribution is 0.120. The minimum atomic E-state index is 0.246. The molecule has 1 N–H and O–H groups in total. The Balaban J connectivity index is 1.75. The first-order valence-electron chi connectivity index (χ1n) is 7.67. The van der Waals surface area contributed by atoms with Crippen molar-refractivity contribution < 1.29 is 9.15 Å². The van der Waals surface area contributed by atoms with Crippen molar-refractivity contribution in [3.05, 3.63) is 41.3 Å². The maximum atomic E-state index is 5.76. The maximum Gasteiger partial charge on any atom is 0.233 e. The monoisotopic (exact) mass is 373 g/mol. The molecule has 0 spiro atoms. The van der Waals surface area contributed by atoms with Gasteiger partial charge in [0.2, 0.25) is 5.71 Å². The Morgan fingerprint density at radius 1 is 1.22 bits per heavy atom. The van der Waals surface area contributed by atoms with Crippen LogP contribution in [0.15, 0.2) is 45.7 Å². The summed E-state index contributed by atoms with van der Waals surface area (Å²) >= 11 is 3.51. The van der Waals surface area contributed by atoms with E-state index in [1.54, 1.807) is 0 Å². The van der Waals surface area contributed by atoms with Crippen LogP contribution < -0.4 is 5.32 Å². The Morgan fingerprint density at radius 3 is 2.87 bits per heavy atom. The van der Waals surface area contributed by atoms with Crippen LogP contribution in [0.4, 0.5) is 5.82 Å². The highest BCUT2D eigenvalue weighted by atomic mass is 79.9. The smallest absolute Gasteiger partial charge is 0.233 e. The summed E-state index contributed by atoms with van der Waals surface area (Å²) in [5.41, 5.74) is 2.60. The number of nitrogens with zero attached hydrogens (tertiary/aromatic N) is 2. The molecule has 3 aromatic rings. The third kappa shape index (κ3) is 2.84. The molecule has 1 aliphatic heterocycles. The van der Waals surface area contributed by atoms with Crippen molar-refractivity contribution in [2.45, 2.75) is 18.9 Å². The average Bonchev–Trinajstić information content (AvgIpc) is 3.20. The van der Waals surface area contributed by atoms with E-state index in [0.717, 1.165) is 48.3 Å². The largest absolute Gasteiger partial charge is 0.430 e. The summed E-state index contributed by atoms with van der Waals surface area (Å²) in [6, 6.07) is 10.1. The van der Waals surface area contributed by atoms with E-state index in [9.17, 15) is 0 Å². The molecule has 0 bridgehead atoms. The Bertz CT molecular complexity index is 813. The highest BCUT2D eigenvalue weighted by Gasteiger charge is 2.21. The molecule has 1 aliphatic rings. The van der Waals surface area contributed by atoms with Gasteiger partial charge in [0, 0.05) is 18.7 Å². The van der Waals surface area contributed by atoms with E-state index < -0.39 is 0 Å². The van der Waals surface area contributed by atoms with E-state index in [4.69, 9.17) is 9.15 Å². The minimum Gasteiger partial charge on any atom is -0.430 e. The summed E-state index contributed by atoms with van der Waals surface area (Å²) in [5, 5.41) is 4.29. The van der Waals surface area contributed by atoms with Gasteiger partial charge in [-0.25, -0.2) is 9.97 Å². The fraction of sp³-hybridized carbons (Fsp3) is 0.294. The lowest BCUT2D eigenvalue weighted by atomic mass is 10.1. The second kappa shape index (κ2) is 6.29. The van der Waals surface area contributed by atoms with E-state index in [2.05, 4.69) is 31.2 Å². The summed E-state index contributed by atoms with van der Waals surface area (Å²) in [4.78, 5) is 8.66. The average molecular weight is 374 g/mol. The minimum absolute atomic E-state index is 0.246.